The maximum Gasteiger partial charge on any atom is 0.227 e. The Hall–Kier alpha value is -0.610. The number of hydrogen-bond acceptors (Lipinski definition) is 3. The summed E-state index contributed by atoms with van der Waals surface area (Å²) < 4.78 is 0. The molecule has 3 N–H and O–H groups in total. The van der Waals surface area contributed by atoms with E-state index in [4.69, 9.17) is 5.73 Å². The molecule has 1 atom stereocenters. The van der Waals surface area contributed by atoms with Crippen molar-refractivity contribution in [3.63, 3.8) is 0 Å². The predicted molar refractivity (Wildman–Crippen MR) is 80.3 cm³/mol. The first-order valence-corrected chi connectivity index (χ1v) is 8.38. The smallest absolute Gasteiger partial charge is 0.227 e. The second kappa shape index (κ2) is 5.64. The molecule has 2 saturated carbocycles. The summed E-state index contributed by atoms with van der Waals surface area (Å²) >= 11 is 0. The number of nitrogens with one attached hydrogen (secondary N) is 1. The monoisotopic (exact) mass is 279 g/mol. The van der Waals surface area contributed by atoms with Gasteiger partial charge in [-0.25, -0.2) is 0 Å². The Morgan fingerprint density at radius 3 is 2.55 bits per heavy atom. The van der Waals surface area contributed by atoms with Gasteiger partial charge in [0.2, 0.25) is 5.91 Å². The van der Waals surface area contributed by atoms with E-state index in [-0.39, 0.29) is 11.3 Å². The van der Waals surface area contributed by atoms with Gasteiger partial charge in [0.15, 0.2) is 0 Å². The minimum Gasteiger partial charge on any atom is -0.352 e. The van der Waals surface area contributed by atoms with Crippen LogP contribution in [0.5, 0.6) is 0 Å². The van der Waals surface area contributed by atoms with Crippen molar-refractivity contribution in [2.45, 2.75) is 64.0 Å². The second-order valence-electron chi connectivity index (χ2n) is 7.35. The van der Waals surface area contributed by atoms with Gasteiger partial charge in [-0.15, -0.1) is 0 Å². The van der Waals surface area contributed by atoms with Crippen LogP contribution in [0.15, 0.2) is 0 Å². The first-order chi connectivity index (χ1) is 9.63. The lowest BCUT2D eigenvalue weighted by Gasteiger charge is -2.37. The second-order valence-corrected chi connectivity index (χ2v) is 7.35. The summed E-state index contributed by atoms with van der Waals surface area (Å²) in [6.45, 7) is 4.99. The molecule has 1 heterocycles. The molecular weight excluding hydrogens is 250 g/mol. The molecule has 1 unspecified atom stereocenters. The zero-order valence-corrected chi connectivity index (χ0v) is 12.7. The third-order valence-electron chi connectivity index (χ3n) is 5.72. The van der Waals surface area contributed by atoms with Crippen molar-refractivity contribution in [3.8, 4) is 0 Å². The normalized spacial score (nSPS) is 38.9. The fraction of sp³-hybridized carbons (Fsp3) is 0.938. The molecule has 4 heteroatoms. The minimum absolute atomic E-state index is 0.231. The number of likely N-dealkylation sites (tertiary alicyclic amines) is 1. The molecule has 0 aromatic heterocycles. The van der Waals surface area contributed by atoms with Crippen molar-refractivity contribution in [2.75, 3.05) is 19.6 Å². The van der Waals surface area contributed by atoms with Gasteiger partial charge in [-0.3, -0.25) is 9.69 Å². The van der Waals surface area contributed by atoms with E-state index >= 15 is 0 Å². The summed E-state index contributed by atoms with van der Waals surface area (Å²) in [5.74, 6) is 0.980. The Bertz CT molecular complexity index is 359. The van der Waals surface area contributed by atoms with Crippen LogP contribution < -0.4 is 11.1 Å². The van der Waals surface area contributed by atoms with E-state index in [9.17, 15) is 4.79 Å². The molecule has 2 aliphatic carbocycles. The SMILES string of the molecule is CC1CCC(CN)(C(=O)NC2CCN(C3CC3)C2)CC1. The molecule has 3 fully saturated rings. The van der Waals surface area contributed by atoms with Gasteiger partial charge in [-0.2, -0.15) is 0 Å². The van der Waals surface area contributed by atoms with Gasteiger partial charge in [0.05, 0.1) is 5.41 Å². The Morgan fingerprint density at radius 1 is 1.25 bits per heavy atom. The highest BCUT2D eigenvalue weighted by molar-refractivity contribution is 5.83. The van der Waals surface area contributed by atoms with E-state index in [1.807, 2.05) is 0 Å². The highest BCUT2D eigenvalue weighted by atomic mass is 16.2. The zero-order chi connectivity index (χ0) is 14.2. The molecule has 1 aliphatic heterocycles. The summed E-state index contributed by atoms with van der Waals surface area (Å²) in [7, 11) is 0. The zero-order valence-electron chi connectivity index (χ0n) is 12.7. The molecule has 0 spiro atoms. The maximum atomic E-state index is 12.7. The Kier molecular flexibility index (Phi) is 4.04. The van der Waals surface area contributed by atoms with E-state index in [0.717, 1.165) is 57.2 Å². The fourth-order valence-corrected chi connectivity index (χ4v) is 3.85. The van der Waals surface area contributed by atoms with Crippen LogP contribution in [0.25, 0.3) is 0 Å². The van der Waals surface area contributed by atoms with Gasteiger partial charge in [0.1, 0.15) is 0 Å². The molecular formula is C16H29N3O. The van der Waals surface area contributed by atoms with E-state index in [0.29, 0.717) is 12.6 Å². The van der Waals surface area contributed by atoms with Crippen LogP contribution in [-0.2, 0) is 4.79 Å². The van der Waals surface area contributed by atoms with E-state index < -0.39 is 0 Å². The van der Waals surface area contributed by atoms with Gasteiger partial charge in [0, 0.05) is 31.7 Å². The molecule has 4 nitrogen and oxygen atoms in total. The molecule has 0 aromatic carbocycles. The molecule has 3 aliphatic rings. The molecule has 114 valence electrons. The number of rotatable bonds is 4. The van der Waals surface area contributed by atoms with Crippen LogP contribution in [0.3, 0.4) is 0 Å². The first kappa shape index (κ1) is 14.3. The minimum atomic E-state index is -0.278. The number of carbonyl (C=O) groups excluding carboxylic acids is 1. The van der Waals surface area contributed by atoms with Crippen LogP contribution in [0.2, 0.25) is 0 Å². The number of hydrogen-bond donors (Lipinski definition) is 2. The van der Waals surface area contributed by atoms with Crippen molar-refractivity contribution in [1.29, 1.82) is 0 Å². The highest BCUT2D eigenvalue weighted by Crippen LogP contribution is 2.38. The third kappa shape index (κ3) is 2.86. The molecule has 20 heavy (non-hydrogen) atoms. The first-order valence-electron chi connectivity index (χ1n) is 8.38. The molecule has 0 radical (unpaired) electrons. The average Bonchev–Trinajstić information content (AvgIpc) is 3.21. The highest BCUT2D eigenvalue weighted by Gasteiger charge is 2.42. The Morgan fingerprint density at radius 2 is 1.95 bits per heavy atom. The van der Waals surface area contributed by atoms with Crippen LogP contribution >= 0.6 is 0 Å². The topological polar surface area (TPSA) is 58.4 Å². The van der Waals surface area contributed by atoms with Crippen LogP contribution in [0.4, 0.5) is 0 Å². The van der Waals surface area contributed by atoms with Crippen LogP contribution in [-0.4, -0.2) is 42.5 Å². The van der Waals surface area contributed by atoms with Gasteiger partial charge >= 0.3 is 0 Å². The van der Waals surface area contributed by atoms with E-state index in [1.54, 1.807) is 0 Å². The summed E-state index contributed by atoms with van der Waals surface area (Å²) in [6, 6.07) is 1.17. The Labute approximate surface area is 122 Å². The summed E-state index contributed by atoms with van der Waals surface area (Å²) in [4.78, 5) is 15.2. The summed E-state index contributed by atoms with van der Waals surface area (Å²) in [5, 5.41) is 3.31. The van der Waals surface area contributed by atoms with E-state index in [1.165, 1.54) is 12.8 Å². The lowest BCUT2D eigenvalue weighted by Crippen LogP contribution is -2.51. The van der Waals surface area contributed by atoms with E-state index in [2.05, 4.69) is 17.1 Å². The molecule has 0 bridgehead atoms. The number of nitrogens with zero attached hydrogens (tertiary/aromatic N) is 1. The lowest BCUT2D eigenvalue weighted by molar-refractivity contribution is -0.133. The number of amides is 1. The largest absolute Gasteiger partial charge is 0.352 e. The van der Waals surface area contributed by atoms with Gasteiger partial charge < -0.3 is 11.1 Å². The van der Waals surface area contributed by atoms with Gasteiger partial charge in [0.25, 0.3) is 0 Å². The molecule has 3 rings (SSSR count). The molecule has 1 saturated heterocycles. The van der Waals surface area contributed by atoms with Gasteiger partial charge in [-0.1, -0.05) is 6.92 Å². The average molecular weight is 279 g/mol. The fourth-order valence-electron chi connectivity index (χ4n) is 3.85. The Balaban J connectivity index is 1.54. The van der Waals surface area contributed by atoms with Crippen molar-refractivity contribution >= 4 is 5.91 Å². The lowest BCUT2D eigenvalue weighted by atomic mass is 9.70. The molecule has 0 aromatic rings. The van der Waals surface area contributed by atoms with Crippen molar-refractivity contribution in [3.05, 3.63) is 0 Å². The van der Waals surface area contributed by atoms with Crippen molar-refractivity contribution in [2.24, 2.45) is 17.1 Å². The summed E-state index contributed by atoms with van der Waals surface area (Å²) in [5.41, 5.74) is 5.69. The van der Waals surface area contributed by atoms with Gasteiger partial charge in [-0.05, 0) is 50.9 Å². The van der Waals surface area contributed by atoms with Crippen molar-refractivity contribution in [1.82, 2.24) is 10.2 Å². The summed E-state index contributed by atoms with van der Waals surface area (Å²) in [6.07, 6.45) is 8.04. The quantitative estimate of drug-likeness (QED) is 0.820. The van der Waals surface area contributed by atoms with Crippen LogP contribution in [0, 0.1) is 11.3 Å². The van der Waals surface area contributed by atoms with Crippen LogP contribution in [0.1, 0.15) is 51.9 Å². The number of carbonyl (C=O) groups is 1. The maximum absolute atomic E-state index is 12.7. The van der Waals surface area contributed by atoms with Crippen molar-refractivity contribution < 1.29 is 4.79 Å². The predicted octanol–water partition coefficient (Wildman–Crippen LogP) is 1.49. The standard InChI is InChI=1S/C16H29N3O/c1-12-4-7-16(11-17,8-5-12)15(20)18-13-6-9-19(10-13)14-2-3-14/h12-14H,2-11,17H2,1H3,(H,18,20). The third-order valence-corrected chi connectivity index (χ3v) is 5.72. The molecule has 1 amide bonds. The number of nitrogens with two attached hydrogens (primary N) is 1.